The number of primary amides is 2. The van der Waals surface area contributed by atoms with Crippen LogP contribution in [0.3, 0.4) is 0 Å². The highest BCUT2D eigenvalue weighted by Gasteiger charge is 2.23. The molecule has 5 rings (SSSR count). The second-order valence-corrected chi connectivity index (χ2v) is 14.0. The van der Waals surface area contributed by atoms with E-state index in [0.29, 0.717) is 64.5 Å². The molecule has 0 aliphatic carbocycles. The number of aryl methyl sites for hydroxylation is 2. The second kappa shape index (κ2) is 24.0. The summed E-state index contributed by atoms with van der Waals surface area (Å²) in [6, 6.07) is 7.70. The number of benzene rings is 2. The topological polar surface area (TPSA) is 305 Å². The van der Waals surface area contributed by atoms with E-state index in [1.165, 1.54) is 43.7 Å². The number of aromatic nitrogens is 6. The largest absolute Gasteiger partial charge is 0.494 e. The standard InChI is InChI=1S/C43H53N15O6.C2H6/c1-7-50-32(17-25(3)45)40(61)53-42-51-30-19-27(38(46)59)21-34(63-6)36(30)56(42)14-10-11-15-57-37-31(52-43(57)54-41(62)33-18-26(4)55-58(33)8-2)20-28(39(47)60)22-35(37)64-16-12-9-13-49-24-29(23-44)48-5;1-2/h9-12,17-24,48H,7-8,13-16,44-45H2,1-6H3,(H2,46,59)(H2,47,60)(H,51,53,61)(H,52,54,62);1-2H3/b11-10+,12-9+,25-17-,29-23+,49-24?,50-32?;. The molecule has 0 aliphatic heterocycles. The summed E-state index contributed by atoms with van der Waals surface area (Å²) in [5, 5.41) is 13.1. The number of hydrogen-bond donors (Lipinski definition) is 7. The number of hydrogen-bond acceptors (Lipinski definition) is 14. The summed E-state index contributed by atoms with van der Waals surface area (Å²) in [5.41, 5.74) is 26.8. The quantitative estimate of drug-likeness (QED) is 0.0407. The number of nitrogens with zero attached hydrogens (tertiary/aromatic N) is 8. The molecule has 0 atom stereocenters. The summed E-state index contributed by atoms with van der Waals surface area (Å²) in [7, 11) is 3.17. The number of carbonyl (C=O) groups is 4. The van der Waals surface area contributed by atoms with Crippen LogP contribution >= 0.6 is 0 Å². The lowest BCUT2D eigenvalue weighted by Gasteiger charge is -2.13. The first-order valence-corrected chi connectivity index (χ1v) is 21.1. The van der Waals surface area contributed by atoms with Crippen LogP contribution in [0, 0.1) is 6.92 Å². The molecular formula is C45H59N15O6. The fourth-order valence-electron chi connectivity index (χ4n) is 6.47. The first-order chi connectivity index (χ1) is 31.7. The third kappa shape index (κ3) is 12.5. The van der Waals surface area contributed by atoms with E-state index in [-0.39, 0.29) is 59.9 Å². The van der Waals surface area contributed by atoms with E-state index >= 15 is 0 Å². The van der Waals surface area contributed by atoms with Gasteiger partial charge in [0, 0.05) is 62.5 Å². The van der Waals surface area contributed by atoms with Crippen molar-refractivity contribution in [1.29, 1.82) is 0 Å². The molecule has 2 aromatic carbocycles. The lowest BCUT2D eigenvalue weighted by atomic mass is 10.1. The van der Waals surface area contributed by atoms with Gasteiger partial charge in [-0.25, -0.2) is 9.97 Å². The number of anilines is 2. The zero-order valence-electron chi connectivity index (χ0n) is 38.5. The number of carbonyl (C=O) groups excluding carboxylic acids is 4. The van der Waals surface area contributed by atoms with Crippen molar-refractivity contribution in [3.63, 3.8) is 0 Å². The Morgan fingerprint density at radius 2 is 1.42 bits per heavy atom. The molecule has 0 unspecified atom stereocenters. The van der Waals surface area contributed by atoms with Gasteiger partial charge in [-0.05, 0) is 70.2 Å². The first kappa shape index (κ1) is 50.4. The molecule has 5 aromatic rings. The number of methoxy groups -OCH3 is 1. The average Bonchev–Trinajstić information content (AvgIpc) is 3.97. The van der Waals surface area contributed by atoms with E-state index in [4.69, 9.17) is 37.4 Å². The number of aliphatic imine (C=N–C) groups is 2. The summed E-state index contributed by atoms with van der Waals surface area (Å²) in [5.74, 6) is -1.62. The molecule has 0 saturated carbocycles. The number of nitrogens with two attached hydrogens (primary N) is 4. The number of amides is 4. The van der Waals surface area contributed by atoms with Crippen LogP contribution in [0.5, 0.6) is 11.5 Å². The fourth-order valence-corrected chi connectivity index (χ4v) is 6.47. The maximum Gasteiger partial charge on any atom is 0.276 e. The summed E-state index contributed by atoms with van der Waals surface area (Å²) in [4.78, 5) is 70.0. The van der Waals surface area contributed by atoms with Gasteiger partial charge in [0.2, 0.25) is 23.7 Å². The van der Waals surface area contributed by atoms with Gasteiger partial charge in [-0.3, -0.25) is 44.5 Å². The third-order valence-electron chi connectivity index (χ3n) is 9.37. The average molecular weight is 906 g/mol. The van der Waals surface area contributed by atoms with E-state index in [1.807, 2.05) is 26.8 Å². The molecule has 350 valence electrons. The van der Waals surface area contributed by atoms with Gasteiger partial charge in [0.25, 0.3) is 11.8 Å². The van der Waals surface area contributed by atoms with E-state index in [1.54, 1.807) is 72.1 Å². The maximum absolute atomic E-state index is 13.8. The minimum absolute atomic E-state index is 0.0863. The molecular weight excluding hydrogens is 847 g/mol. The van der Waals surface area contributed by atoms with Crippen molar-refractivity contribution in [3.8, 4) is 11.5 Å². The lowest BCUT2D eigenvalue weighted by Crippen LogP contribution is -2.24. The summed E-state index contributed by atoms with van der Waals surface area (Å²) in [6.45, 7) is 12.5. The monoisotopic (exact) mass is 905 g/mol. The number of rotatable bonds is 21. The highest BCUT2D eigenvalue weighted by molar-refractivity contribution is 6.47. The molecule has 0 aliphatic rings. The maximum atomic E-state index is 13.8. The minimum atomic E-state index is -0.705. The predicted molar refractivity (Wildman–Crippen MR) is 258 cm³/mol. The molecule has 0 bridgehead atoms. The molecule has 3 heterocycles. The van der Waals surface area contributed by atoms with Crippen molar-refractivity contribution in [2.75, 3.05) is 44.5 Å². The van der Waals surface area contributed by atoms with Crippen molar-refractivity contribution >= 4 is 69.5 Å². The van der Waals surface area contributed by atoms with Crippen LogP contribution in [0.4, 0.5) is 11.9 Å². The zero-order chi connectivity index (χ0) is 48.5. The highest BCUT2D eigenvalue weighted by Crippen LogP contribution is 2.33. The van der Waals surface area contributed by atoms with Gasteiger partial charge in [0.05, 0.1) is 36.1 Å². The molecule has 0 spiro atoms. The summed E-state index contributed by atoms with van der Waals surface area (Å²) < 4.78 is 16.9. The molecule has 11 N–H and O–H groups in total. The van der Waals surface area contributed by atoms with Crippen molar-refractivity contribution < 1.29 is 28.7 Å². The van der Waals surface area contributed by atoms with E-state index in [2.05, 4.69) is 36.0 Å². The molecule has 0 fully saturated rings. The Morgan fingerprint density at radius 3 is 1.95 bits per heavy atom. The predicted octanol–water partition coefficient (Wildman–Crippen LogP) is 3.94. The molecule has 21 nitrogen and oxygen atoms in total. The van der Waals surface area contributed by atoms with Gasteiger partial charge >= 0.3 is 0 Å². The van der Waals surface area contributed by atoms with Crippen LogP contribution in [0.1, 0.15) is 71.5 Å². The number of ether oxygens (including phenoxy) is 2. The van der Waals surface area contributed by atoms with Crippen LogP contribution in [0.2, 0.25) is 0 Å². The van der Waals surface area contributed by atoms with Gasteiger partial charge in [-0.2, -0.15) is 5.10 Å². The van der Waals surface area contributed by atoms with Crippen LogP contribution in [0.15, 0.2) is 88.3 Å². The molecule has 21 heteroatoms. The van der Waals surface area contributed by atoms with Crippen molar-refractivity contribution in [2.24, 2.45) is 32.9 Å². The Labute approximate surface area is 382 Å². The molecule has 66 heavy (non-hydrogen) atoms. The number of allylic oxidation sites excluding steroid dienone is 4. The van der Waals surface area contributed by atoms with E-state index in [9.17, 15) is 19.2 Å². The molecule has 3 aromatic heterocycles. The normalized spacial score (nSPS) is 12.3. The fraction of sp³-hybridized carbons (Fsp3) is 0.311. The van der Waals surface area contributed by atoms with Gasteiger partial charge < -0.3 is 46.9 Å². The van der Waals surface area contributed by atoms with Crippen molar-refractivity contribution in [2.45, 2.75) is 61.2 Å². The van der Waals surface area contributed by atoms with Crippen molar-refractivity contribution in [3.05, 3.63) is 101 Å². The SMILES string of the molecule is CC.CCN=C(/C=C(/C)N)C(=O)Nc1nc2cc(C(N)=O)cc(OC)c2n1C/C=C/Cn1c(NC(=O)c2cc(C)nn2CC)nc2cc(C(N)=O)cc(OC/C=C/CN=C/C(=C\N)NC)c21. The zero-order valence-corrected chi connectivity index (χ0v) is 38.5. The van der Waals surface area contributed by atoms with Gasteiger partial charge in [0.1, 0.15) is 40.5 Å². The molecule has 4 amide bonds. The Hall–Kier alpha value is -8.23. The van der Waals surface area contributed by atoms with E-state index < -0.39 is 23.6 Å². The molecule has 0 radical (unpaired) electrons. The second-order valence-electron chi connectivity index (χ2n) is 14.0. The first-order valence-electron chi connectivity index (χ1n) is 21.1. The van der Waals surface area contributed by atoms with Crippen LogP contribution in [-0.2, 0) is 24.4 Å². The van der Waals surface area contributed by atoms with Crippen LogP contribution in [-0.4, -0.2) is 98.3 Å². The molecule has 0 saturated heterocycles. The minimum Gasteiger partial charge on any atom is -0.494 e. The Kier molecular flexibility index (Phi) is 18.3. The Bertz CT molecular complexity index is 2750. The number of imidazole rings is 2. The smallest absolute Gasteiger partial charge is 0.276 e. The van der Waals surface area contributed by atoms with E-state index in [0.717, 1.165) is 0 Å². The highest BCUT2D eigenvalue weighted by atomic mass is 16.5. The van der Waals surface area contributed by atoms with Gasteiger partial charge in [-0.15, -0.1) is 0 Å². The van der Waals surface area contributed by atoms with Gasteiger partial charge in [-0.1, -0.05) is 32.1 Å². The summed E-state index contributed by atoms with van der Waals surface area (Å²) in [6.07, 6.45) is 11.6. The number of fused-ring (bicyclic) bond motifs is 2. The number of nitrogens with one attached hydrogen (secondary N) is 3. The summed E-state index contributed by atoms with van der Waals surface area (Å²) >= 11 is 0. The van der Waals surface area contributed by atoms with Crippen LogP contribution < -0.4 is 48.4 Å². The Morgan fingerprint density at radius 1 is 0.833 bits per heavy atom. The van der Waals surface area contributed by atoms with Crippen LogP contribution in [0.25, 0.3) is 22.1 Å². The lowest BCUT2D eigenvalue weighted by molar-refractivity contribution is -0.110. The Balaban J connectivity index is 0.00000469. The van der Waals surface area contributed by atoms with Crippen molar-refractivity contribution in [1.82, 2.24) is 34.2 Å². The third-order valence-corrected chi connectivity index (χ3v) is 9.37. The van der Waals surface area contributed by atoms with Gasteiger partial charge in [0.15, 0.2) is 0 Å².